The summed E-state index contributed by atoms with van der Waals surface area (Å²) in [6.45, 7) is 24.1. The molecule has 0 saturated heterocycles. The molecular weight excluding hydrogens is 344 g/mol. The van der Waals surface area contributed by atoms with Crippen LogP contribution in [-0.4, -0.2) is 22.9 Å². The average Bonchev–Trinajstić information content (AvgIpc) is 2.40. The van der Waals surface area contributed by atoms with Crippen LogP contribution in [0.2, 0.25) is 36.3 Å². The predicted octanol–water partition coefficient (Wildman–Crippen LogP) is 6.58. The minimum absolute atomic E-state index is 0.0654. The molecule has 1 aromatic rings. The molecule has 0 aliphatic carbocycles. The van der Waals surface area contributed by atoms with Crippen molar-refractivity contribution in [3.8, 4) is 11.5 Å². The van der Waals surface area contributed by atoms with E-state index in [0.29, 0.717) is 11.3 Å². The highest BCUT2D eigenvalue weighted by atomic mass is 28.4. The van der Waals surface area contributed by atoms with Gasteiger partial charge in [0.15, 0.2) is 6.29 Å². The maximum atomic E-state index is 11.6. The molecule has 0 unspecified atom stereocenters. The van der Waals surface area contributed by atoms with Gasteiger partial charge in [-0.05, 0) is 55.3 Å². The molecule has 1 rings (SSSR count). The number of benzene rings is 1. The van der Waals surface area contributed by atoms with Crippen LogP contribution in [0, 0.1) is 6.92 Å². The van der Waals surface area contributed by atoms with Gasteiger partial charge >= 0.3 is 0 Å². The highest BCUT2D eigenvalue weighted by Gasteiger charge is 2.41. The van der Waals surface area contributed by atoms with Crippen LogP contribution < -0.4 is 8.85 Å². The second-order valence-corrected chi connectivity index (χ2v) is 19.4. The second-order valence-electron chi connectivity index (χ2n) is 9.95. The molecular formula is C20H36O3Si2. The monoisotopic (exact) mass is 380 g/mol. The molecule has 0 radical (unpaired) electrons. The molecule has 3 nitrogen and oxygen atoms in total. The van der Waals surface area contributed by atoms with Gasteiger partial charge in [0.1, 0.15) is 11.5 Å². The van der Waals surface area contributed by atoms with Crippen molar-refractivity contribution in [3.63, 3.8) is 0 Å². The van der Waals surface area contributed by atoms with Crippen molar-refractivity contribution in [2.75, 3.05) is 0 Å². The van der Waals surface area contributed by atoms with E-state index in [2.05, 4.69) is 67.7 Å². The molecule has 25 heavy (non-hydrogen) atoms. The van der Waals surface area contributed by atoms with Crippen LogP contribution >= 0.6 is 0 Å². The first-order valence-electron chi connectivity index (χ1n) is 9.00. The summed E-state index contributed by atoms with van der Waals surface area (Å²) in [6, 6.07) is 3.74. The summed E-state index contributed by atoms with van der Waals surface area (Å²) in [5, 5.41) is 0.180. The molecule has 0 bridgehead atoms. The molecule has 0 heterocycles. The van der Waals surface area contributed by atoms with Gasteiger partial charge < -0.3 is 8.85 Å². The van der Waals surface area contributed by atoms with E-state index in [1.807, 2.05) is 19.1 Å². The van der Waals surface area contributed by atoms with Crippen LogP contribution in [0.25, 0.3) is 0 Å². The van der Waals surface area contributed by atoms with Crippen LogP contribution in [-0.2, 0) is 0 Å². The Morgan fingerprint density at radius 2 is 1.28 bits per heavy atom. The normalized spacial score (nSPS) is 13.6. The van der Waals surface area contributed by atoms with E-state index >= 15 is 0 Å². The van der Waals surface area contributed by atoms with Crippen LogP contribution in [0.5, 0.6) is 11.5 Å². The van der Waals surface area contributed by atoms with E-state index in [0.717, 1.165) is 17.6 Å². The van der Waals surface area contributed by atoms with Gasteiger partial charge in [-0.15, -0.1) is 0 Å². The lowest BCUT2D eigenvalue weighted by molar-refractivity contribution is 0.112. The van der Waals surface area contributed by atoms with Crippen molar-refractivity contribution < 1.29 is 13.6 Å². The van der Waals surface area contributed by atoms with Crippen molar-refractivity contribution >= 4 is 22.9 Å². The lowest BCUT2D eigenvalue weighted by Crippen LogP contribution is -2.45. The second kappa shape index (κ2) is 6.91. The summed E-state index contributed by atoms with van der Waals surface area (Å²) in [6.07, 6.45) is 0.881. The quantitative estimate of drug-likeness (QED) is 0.428. The van der Waals surface area contributed by atoms with Gasteiger partial charge in [0.2, 0.25) is 8.32 Å². The van der Waals surface area contributed by atoms with Gasteiger partial charge in [0.05, 0.1) is 5.56 Å². The Morgan fingerprint density at radius 3 is 1.68 bits per heavy atom. The third kappa shape index (κ3) is 4.76. The number of rotatable bonds is 5. The van der Waals surface area contributed by atoms with Gasteiger partial charge in [-0.2, -0.15) is 0 Å². The predicted molar refractivity (Wildman–Crippen MR) is 112 cm³/mol. The number of aldehydes is 1. The highest BCUT2D eigenvalue weighted by Crippen LogP contribution is 2.43. The largest absolute Gasteiger partial charge is 0.543 e. The Balaban J connectivity index is 3.38. The Morgan fingerprint density at radius 1 is 0.840 bits per heavy atom. The maximum Gasteiger partial charge on any atom is 0.250 e. The van der Waals surface area contributed by atoms with Crippen molar-refractivity contribution in [1.29, 1.82) is 0 Å². The Hall–Kier alpha value is -1.08. The number of carbonyl (C=O) groups is 1. The third-order valence-electron chi connectivity index (χ3n) is 5.85. The smallest absolute Gasteiger partial charge is 0.250 e. The van der Waals surface area contributed by atoms with E-state index < -0.39 is 16.6 Å². The van der Waals surface area contributed by atoms with Crippen molar-refractivity contribution in [2.24, 2.45) is 0 Å². The maximum absolute atomic E-state index is 11.6. The van der Waals surface area contributed by atoms with Crippen LogP contribution in [0.15, 0.2) is 12.1 Å². The van der Waals surface area contributed by atoms with Crippen molar-refractivity contribution in [1.82, 2.24) is 0 Å². The van der Waals surface area contributed by atoms with Crippen LogP contribution in [0.1, 0.15) is 57.5 Å². The van der Waals surface area contributed by atoms with Crippen molar-refractivity contribution in [3.05, 3.63) is 23.3 Å². The zero-order chi connectivity index (χ0) is 19.8. The fraction of sp³-hybridized carbons (Fsp3) is 0.650. The molecule has 0 atom stereocenters. The fourth-order valence-electron chi connectivity index (χ4n) is 1.87. The van der Waals surface area contributed by atoms with Gasteiger partial charge in [-0.3, -0.25) is 4.79 Å². The molecule has 0 aromatic heterocycles. The molecule has 0 aliphatic heterocycles. The fourth-order valence-corrected chi connectivity index (χ4v) is 4.03. The number of carbonyl (C=O) groups excluding carboxylic acids is 1. The topological polar surface area (TPSA) is 35.5 Å². The first-order valence-corrected chi connectivity index (χ1v) is 14.8. The molecule has 0 spiro atoms. The SMILES string of the molecule is Cc1c(O[Si](C)(C)C(C)(C)C)ccc(C=O)c1O[Si](C)(C)C(C)(C)C. The van der Waals surface area contributed by atoms with E-state index in [4.69, 9.17) is 8.85 Å². The highest BCUT2D eigenvalue weighted by molar-refractivity contribution is 6.75. The minimum atomic E-state index is -2.05. The lowest BCUT2D eigenvalue weighted by atomic mass is 10.1. The van der Waals surface area contributed by atoms with E-state index in [-0.39, 0.29) is 10.1 Å². The standard InChI is InChI=1S/C20H36O3Si2/c1-15-17(22-24(8,9)19(2,3)4)13-12-16(14-21)18(15)23-25(10,11)20(5,6)7/h12-14H,1-11H3. The number of hydrogen-bond donors (Lipinski definition) is 0. The first kappa shape index (κ1) is 22.0. The van der Waals surface area contributed by atoms with Gasteiger partial charge in [0.25, 0.3) is 8.32 Å². The van der Waals surface area contributed by atoms with Gasteiger partial charge in [-0.25, -0.2) is 0 Å². The van der Waals surface area contributed by atoms with E-state index in [9.17, 15) is 4.79 Å². The van der Waals surface area contributed by atoms with Crippen LogP contribution in [0.3, 0.4) is 0 Å². The van der Waals surface area contributed by atoms with Crippen LogP contribution in [0.4, 0.5) is 0 Å². The Bertz CT molecular complexity index is 636. The lowest BCUT2D eigenvalue weighted by Gasteiger charge is -2.39. The van der Waals surface area contributed by atoms with E-state index in [1.165, 1.54) is 0 Å². The summed E-state index contributed by atoms with van der Waals surface area (Å²) < 4.78 is 13.0. The molecule has 0 amide bonds. The average molecular weight is 381 g/mol. The summed E-state index contributed by atoms with van der Waals surface area (Å²) in [7, 11) is -4.00. The van der Waals surface area contributed by atoms with Gasteiger partial charge in [-0.1, -0.05) is 41.5 Å². The zero-order valence-corrected chi connectivity index (χ0v) is 20.0. The zero-order valence-electron chi connectivity index (χ0n) is 18.0. The summed E-state index contributed by atoms with van der Waals surface area (Å²) in [5.41, 5.74) is 1.53. The van der Waals surface area contributed by atoms with Crippen molar-refractivity contribution in [2.45, 2.75) is 84.7 Å². The molecule has 1 aromatic carbocycles. The Labute approximate surface area is 156 Å². The molecule has 0 saturated carbocycles. The molecule has 0 N–H and O–H groups in total. The van der Waals surface area contributed by atoms with E-state index in [1.54, 1.807) is 0 Å². The third-order valence-corrected chi connectivity index (χ3v) is 14.5. The minimum Gasteiger partial charge on any atom is -0.543 e. The first-order chi connectivity index (χ1) is 11.0. The number of hydrogen-bond acceptors (Lipinski definition) is 3. The van der Waals surface area contributed by atoms with Gasteiger partial charge in [0, 0.05) is 5.56 Å². The summed E-state index contributed by atoms with van der Waals surface area (Å²) in [4.78, 5) is 11.6. The molecule has 142 valence electrons. The molecule has 5 heteroatoms. The summed E-state index contributed by atoms with van der Waals surface area (Å²) in [5.74, 6) is 1.53. The Kier molecular flexibility index (Phi) is 6.07. The molecule has 0 fully saturated rings. The molecule has 0 aliphatic rings. The summed E-state index contributed by atoms with van der Waals surface area (Å²) >= 11 is 0.